The first kappa shape index (κ1) is 18.0. The minimum absolute atomic E-state index is 0.102. The average Bonchev–Trinajstić information content (AvgIpc) is 3.03. The number of aromatic amines is 1. The Morgan fingerprint density at radius 2 is 2.00 bits per heavy atom. The van der Waals surface area contributed by atoms with Gasteiger partial charge in [0.25, 0.3) is 5.91 Å². The molecule has 0 aliphatic carbocycles. The normalized spacial score (nSPS) is 16.1. The summed E-state index contributed by atoms with van der Waals surface area (Å²) in [6.45, 7) is 6.90. The van der Waals surface area contributed by atoms with Crippen LogP contribution in [0.4, 0.5) is 0 Å². The molecule has 5 heteroatoms. The molecule has 1 saturated heterocycles. The summed E-state index contributed by atoms with van der Waals surface area (Å²) < 4.78 is 0. The second kappa shape index (κ2) is 7.58. The van der Waals surface area contributed by atoms with Crippen molar-refractivity contribution in [2.24, 2.45) is 0 Å². The maximum atomic E-state index is 12.9. The van der Waals surface area contributed by atoms with Crippen LogP contribution in [0.3, 0.4) is 0 Å². The van der Waals surface area contributed by atoms with E-state index in [4.69, 9.17) is 5.11 Å². The van der Waals surface area contributed by atoms with Crippen LogP contribution in [-0.4, -0.2) is 65.1 Å². The molecule has 25 heavy (non-hydrogen) atoms. The molecule has 0 saturated carbocycles. The van der Waals surface area contributed by atoms with Gasteiger partial charge in [-0.05, 0) is 63.4 Å². The van der Waals surface area contributed by atoms with E-state index in [-0.39, 0.29) is 12.5 Å². The number of benzene rings is 1. The van der Waals surface area contributed by atoms with Crippen molar-refractivity contribution in [1.29, 1.82) is 0 Å². The molecule has 1 aliphatic heterocycles. The Morgan fingerprint density at radius 3 is 2.68 bits per heavy atom. The number of aliphatic hydroxyl groups is 1. The molecular weight excluding hydrogens is 314 g/mol. The monoisotopic (exact) mass is 343 g/mol. The van der Waals surface area contributed by atoms with Gasteiger partial charge in [0.05, 0.1) is 0 Å². The van der Waals surface area contributed by atoms with E-state index < -0.39 is 0 Å². The number of rotatable bonds is 5. The molecule has 136 valence electrons. The van der Waals surface area contributed by atoms with Crippen LogP contribution in [0.15, 0.2) is 18.2 Å². The minimum Gasteiger partial charge on any atom is -0.396 e. The number of likely N-dealkylation sites (tertiary alicyclic amines) is 1. The number of aryl methyl sites for hydroxylation is 2. The van der Waals surface area contributed by atoms with E-state index in [9.17, 15) is 4.79 Å². The lowest BCUT2D eigenvalue weighted by molar-refractivity contribution is 0.0636. The van der Waals surface area contributed by atoms with Crippen LogP contribution in [0.1, 0.15) is 40.9 Å². The molecule has 0 unspecified atom stereocenters. The van der Waals surface area contributed by atoms with Crippen LogP contribution in [-0.2, 0) is 0 Å². The first-order valence-electron chi connectivity index (χ1n) is 9.20. The lowest BCUT2D eigenvalue weighted by Crippen LogP contribution is -2.45. The summed E-state index contributed by atoms with van der Waals surface area (Å²) in [5.41, 5.74) is 4.14. The highest BCUT2D eigenvalue weighted by Crippen LogP contribution is 2.23. The number of nitrogens with one attached hydrogen (secondary N) is 1. The number of carbonyl (C=O) groups excluding carboxylic acids is 1. The van der Waals surface area contributed by atoms with E-state index in [1.54, 1.807) is 0 Å². The molecule has 0 radical (unpaired) electrons. The van der Waals surface area contributed by atoms with Crippen molar-refractivity contribution >= 4 is 16.8 Å². The number of aliphatic hydroxyl groups excluding tert-OH is 1. The van der Waals surface area contributed by atoms with Gasteiger partial charge >= 0.3 is 0 Å². The van der Waals surface area contributed by atoms with Crippen LogP contribution in [0.2, 0.25) is 0 Å². The van der Waals surface area contributed by atoms with Crippen molar-refractivity contribution in [1.82, 2.24) is 14.8 Å². The van der Waals surface area contributed by atoms with E-state index in [0.29, 0.717) is 11.7 Å². The lowest BCUT2D eigenvalue weighted by atomic mass is 10.0. The fourth-order valence-electron chi connectivity index (χ4n) is 3.90. The highest BCUT2D eigenvalue weighted by atomic mass is 16.3. The quantitative estimate of drug-likeness (QED) is 0.877. The second-order valence-electron chi connectivity index (χ2n) is 7.31. The number of hydrogen-bond acceptors (Lipinski definition) is 3. The van der Waals surface area contributed by atoms with Crippen LogP contribution in [0.25, 0.3) is 10.9 Å². The number of amides is 1. The van der Waals surface area contributed by atoms with E-state index in [0.717, 1.165) is 49.8 Å². The molecule has 0 atom stereocenters. The van der Waals surface area contributed by atoms with Crippen molar-refractivity contribution in [3.63, 3.8) is 0 Å². The number of nitrogens with zero attached hydrogens (tertiary/aromatic N) is 2. The van der Waals surface area contributed by atoms with Gasteiger partial charge in [-0.1, -0.05) is 6.07 Å². The first-order chi connectivity index (χ1) is 12.0. The molecule has 3 rings (SSSR count). The van der Waals surface area contributed by atoms with Crippen LogP contribution in [0.5, 0.6) is 0 Å². The third kappa shape index (κ3) is 3.88. The summed E-state index contributed by atoms with van der Waals surface area (Å²) in [4.78, 5) is 20.4. The predicted octanol–water partition coefficient (Wildman–Crippen LogP) is 2.70. The minimum atomic E-state index is 0.102. The van der Waals surface area contributed by atoms with Crippen molar-refractivity contribution in [2.45, 2.75) is 39.2 Å². The fourth-order valence-corrected chi connectivity index (χ4v) is 3.90. The van der Waals surface area contributed by atoms with Gasteiger partial charge in [0, 0.05) is 43.2 Å². The van der Waals surface area contributed by atoms with Crippen molar-refractivity contribution < 1.29 is 9.90 Å². The Kier molecular flexibility index (Phi) is 5.45. The highest BCUT2D eigenvalue weighted by Gasteiger charge is 2.26. The fraction of sp³-hybridized carbons (Fsp3) is 0.550. The van der Waals surface area contributed by atoms with Crippen molar-refractivity contribution in [3.8, 4) is 0 Å². The molecule has 5 nitrogen and oxygen atoms in total. The van der Waals surface area contributed by atoms with Gasteiger partial charge < -0.3 is 19.9 Å². The summed E-state index contributed by atoms with van der Waals surface area (Å²) in [5, 5.41) is 10.1. The van der Waals surface area contributed by atoms with E-state index >= 15 is 0 Å². The third-order valence-electron chi connectivity index (χ3n) is 5.36. The van der Waals surface area contributed by atoms with Crippen LogP contribution < -0.4 is 0 Å². The molecular formula is C20H29N3O2. The number of carbonyl (C=O) groups is 1. The maximum absolute atomic E-state index is 12.9. The molecule has 1 aliphatic rings. The standard InChI is InChI=1S/C20H29N3O2/c1-14-11-15(2)17-13-19(21-18(17)12-14)20(25)23-8-5-16(6-9-23)22(3)7-4-10-24/h11-13,16,21,24H,4-10H2,1-3H3. The first-order valence-corrected chi connectivity index (χ1v) is 9.20. The molecule has 1 fully saturated rings. The lowest BCUT2D eigenvalue weighted by Gasteiger charge is -2.36. The topological polar surface area (TPSA) is 59.6 Å². The van der Waals surface area contributed by atoms with E-state index in [2.05, 4.69) is 42.9 Å². The SMILES string of the molecule is Cc1cc(C)c2cc(C(=O)N3CCC(N(C)CCCO)CC3)[nH]c2c1. The van der Waals surface area contributed by atoms with Gasteiger partial charge in [-0.25, -0.2) is 0 Å². The molecule has 1 aromatic heterocycles. The summed E-state index contributed by atoms with van der Waals surface area (Å²) in [6, 6.07) is 6.74. The molecule has 1 amide bonds. The Hall–Kier alpha value is -1.85. The van der Waals surface area contributed by atoms with Crippen molar-refractivity contribution in [3.05, 3.63) is 35.0 Å². The summed E-state index contributed by atoms with van der Waals surface area (Å²) in [7, 11) is 2.11. The number of hydrogen-bond donors (Lipinski definition) is 2. The highest BCUT2D eigenvalue weighted by molar-refractivity contribution is 5.99. The largest absolute Gasteiger partial charge is 0.396 e. The number of H-pyrrole nitrogens is 1. The molecule has 2 aromatic rings. The van der Waals surface area contributed by atoms with Crippen LogP contribution in [0, 0.1) is 13.8 Å². The zero-order valence-corrected chi connectivity index (χ0v) is 15.5. The molecule has 0 bridgehead atoms. The zero-order chi connectivity index (χ0) is 18.0. The summed E-state index contributed by atoms with van der Waals surface area (Å²) in [6.07, 6.45) is 2.79. The predicted molar refractivity (Wildman–Crippen MR) is 101 cm³/mol. The van der Waals surface area contributed by atoms with Crippen molar-refractivity contribution in [2.75, 3.05) is 33.3 Å². The average molecular weight is 343 g/mol. The number of aromatic nitrogens is 1. The summed E-state index contributed by atoms with van der Waals surface area (Å²) >= 11 is 0. The van der Waals surface area contributed by atoms with Crippen LogP contribution >= 0.6 is 0 Å². The van der Waals surface area contributed by atoms with Gasteiger partial charge in [0.1, 0.15) is 5.69 Å². The van der Waals surface area contributed by atoms with Gasteiger partial charge in [0.15, 0.2) is 0 Å². The number of piperidine rings is 1. The summed E-state index contributed by atoms with van der Waals surface area (Å²) in [5.74, 6) is 0.102. The smallest absolute Gasteiger partial charge is 0.270 e. The zero-order valence-electron chi connectivity index (χ0n) is 15.5. The Morgan fingerprint density at radius 1 is 1.28 bits per heavy atom. The molecule has 2 N–H and O–H groups in total. The Bertz CT molecular complexity index is 745. The number of fused-ring (bicyclic) bond motifs is 1. The van der Waals surface area contributed by atoms with Gasteiger partial charge in [-0.2, -0.15) is 0 Å². The maximum Gasteiger partial charge on any atom is 0.270 e. The van der Waals surface area contributed by atoms with E-state index in [1.165, 1.54) is 11.1 Å². The Balaban J connectivity index is 1.66. The second-order valence-corrected chi connectivity index (χ2v) is 7.31. The molecule has 1 aromatic carbocycles. The Labute approximate surface area is 149 Å². The van der Waals surface area contributed by atoms with Gasteiger partial charge in [-0.15, -0.1) is 0 Å². The van der Waals surface area contributed by atoms with Gasteiger partial charge in [-0.3, -0.25) is 4.79 Å². The molecule has 0 spiro atoms. The van der Waals surface area contributed by atoms with E-state index in [1.807, 2.05) is 11.0 Å². The molecule has 2 heterocycles. The third-order valence-corrected chi connectivity index (χ3v) is 5.36. The van der Waals surface area contributed by atoms with Gasteiger partial charge in [0.2, 0.25) is 0 Å².